The Morgan fingerprint density at radius 3 is 3.00 bits per heavy atom. The molecule has 0 aromatic carbocycles. The van der Waals surface area contributed by atoms with Gasteiger partial charge < -0.3 is 14.6 Å². The first-order valence-corrected chi connectivity index (χ1v) is 11.4. The van der Waals surface area contributed by atoms with Crippen LogP contribution >= 0.6 is 0 Å². The molecular formula is C23H29N7O2. The fraction of sp³-hybridized carbons (Fsp3) is 0.565. The lowest BCUT2D eigenvalue weighted by atomic mass is 9.88. The van der Waals surface area contributed by atoms with Gasteiger partial charge in [-0.3, -0.25) is 14.8 Å². The maximum atomic E-state index is 13.1. The highest BCUT2D eigenvalue weighted by molar-refractivity contribution is 5.97. The molecule has 6 rings (SSSR count). The van der Waals surface area contributed by atoms with Crippen molar-refractivity contribution in [2.75, 3.05) is 38.3 Å². The van der Waals surface area contributed by atoms with E-state index < -0.39 is 0 Å². The van der Waals surface area contributed by atoms with Gasteiger partial charge in [-0.2, -0.15) is 5.10 Å². The molecule has 2 aliphatic carbocycles. The molecule has 1 aliphatic heterocycles. The third-order valence-electron chi connectivity index (χ3n) is 7.74. The van der Waals surface area contributed by atoms with E-state index in [0.717, 1.165) is 54.6 Å². The van der Waals surface area contributed by atoms with E-state index >= 15 is 0 Å². The van der Waals surface area contributed by atoms with Crippen LogP contribution in [0.25, 0.3) is 22.7 Å². The standard InChI is InChI=1S/C23H29N7O2/c1-13(30-4-6-32-7-5-30)22(31)29(3)15-9-17-20(24-12-15)26-21(25-17)19-16-8-14-10-23(14,2)11-18(16)27-28-19/h9,12-14H,4-8,10-11H2,1-3H3,(H,27,28)(H,24,25,26)/t13-,14-,23-/m0/s1. The molecule has 1 amide bonds. The molecule has 1 saturated heterocycles. The van der Waals surface area contributed by atoms with E-state index in [9.17, 15) is 4.79 Å². The number of carbonyl (C=O) groups is 1. The average Bonchev–Trinajstić information content (AvgIpc) is 3.11. The van der Waals surface area contributed by atoms with Crippen LogP contribution in [0, 0.1) is 11.3 Å². The molecular weight excluding hydrogens is 406 g/mol. The SMILES string of the molecule is C[C@@H](C(=O)N(C)c1cnc2nc(-c3n[nH]c4c3C[C@H]3C[C@@]3(C)C4)[nH]c2c1)N1CCOCC1. The summed E-state index contributed by atoms with van der Waals surface area (Å²) in [5, 5.41) is 7.83. The van der Waals surface area contributed by atoms with E-state index in [-0.39, 0.29) is 11.9 Å². The van der Waals surface area contributed by atoms with Gasteiger partial charge in [0, 0.05) is 31.4 Å². The molecule has 3 aromatic heterocycles. The van der Waals surface area contributed by atoms with Gasteiger partial charge in [0.1, 0.15) is 5.69 Å². The molecule has 9 heteroatoms. The number of anilines is 1. The maximum absolute atomic E-state index is 13.1. The summed E-state index contributed by atoms with van der Waals surface area (Å²) in [6.07, 6.45) is 5.14. The minimum atomic E-state index is -0.208. The highest BCUT2D eigenvalue weighted by atomic mass is 16.5. The summed E-state index contributed by atoms with van der Waals surface area (Å²) in [5.74, 6) is 1.54. The quantitative estimate of drug-likeness (QED) is 0.651. The number of likely N-dealkylation sites (N-methyl/N-ethyl adjacent to an activating group) is 1. The van der Waals surface area contributed by atoms with Crippen LogP contribution in [-0.2, 0) is 22.4 Å². The molecule has 2 fully saturated rings. The molecule has 0 unspecified atom stereocenters. The summed E-state index contributed by atoms with van der Waals surface area (Å²) in [6.45, 7) is 7.21. The number of rotatable bonds is 4. The van der Waals surface area contributed by atoms with Gasteiger partial charge in [0.25, 0.3) is 0 Å². The van der Waals surface area contributed by atoms with Crippen molar-refractivity contribution in [3.05, 3.63) is 23.5 Å². The van der Waals surface area contributed by atoms with Gasteiger partial charge in [-0.05, 0) is 43.6 Å². The van der Waals surface area contributed by atoms with Gasteiger partial charge in [0.05, 0.1) is 36.7 Å². The number of imidazole rings is 1. The smallest absolute Gasteiger partial charge is 0.243 e. The molecule has 0 radical (unpaired) electrons. The zero-order valence-electron chi connectivity index (χ0n) is 18.8. The highest BCUT2D eigenvalue weighted by Crippen LogP contribution is 2.59. The number of hydrogen-bond donors (Lipinski definition) is 2. The lowest BCUT2D eigenvalue weighted by Crippen LogP contribution is -2.50. The summed E-state index contributed by atoms with van der Waals surface area (Å²) >= 11 is 0. The van der Waals surface area contributed by atoms with Crippen LogP contribution in [0.2, 0.25) is 0 Å². The molecule has 3 aliphatic rings. The van der Waals surface area contributed by atoms with Gasteiger partial charge in [0.2, 0.25) is 5.91 Å². The minimum absolute atomic E-state index is 0.0432. The number of morpholine rings is 1. The van der Waals surface area contributed by atoms with E-state index in [0.29, 0.717) is 24.3 Å². The van der Waals surface area contributed by atoms with Gasteiger partial charge in [0.15, 0.2) is 11.5 Å². The van der Waals surface area contributed by atoms with E-state index in [4.69, 9.17) is 9.72 Å². The number of amides is 1. The van der Waals surface area contributed by atoms with Crippen LogP contribution < -0.4 is 4.90 Å². The first-order chi connectivity index (χ1) is 15.4. The van der Waals surface area contributed by atoms with E-state index in [1.54, 1.807) is 18.1 Å². The Hall–Kier alpha value is -2.78. The molecule has 9 nitrogen and oxygen atoms in total. The van der Waals surface area contributed by atoms with Crippen molar-refractivity contribution in [1.82, 2.24) is 30.0 Å². The Morgan fingerprint density at radius 1 is 1.38 bits per heavy atom. The van der Waals surface area contributed by atoms with E-state index in [1.165, 1.54) is 17.7 Å². The van der Waals surface area contributed by atoms with Gasteiger partial charge in [-0.1, -0.05) is 6.92 Å². The third kappa shape index (κ3) is 3.14. The summed E-state index contributed by atoms with van der Waals surface area (Å²) in [7, 11) is 1.80. The van der Waals surface area contributed by atoms with Crippen LogP contribution in [0.3, 0.4) is 0 Å². The number of nitrogens with zero attached hydrogens (tertiary/aromatic N) is 5. The normalized spacial score (nSPS) is 25.9. The van der Waals surface area contributed by atoms with E-state index in [1.807, 2.05) is 13.0 Å². The first kappa shape index (κ1) is 19.9. The van der Waals surface area contributed by atoms with E-state index in [2.05, 4.69) is 32.0 Å². The fourth-order valence-corrected chi connectivity index (χ4v) is 5.37. The third-order valence-corrected chi connectivity index (χ3v) is 7.74. The monoisotopic (exact) mass is 435 g/mol. The highest BCUT2D eigenvalue weighted by Gasteiger charge is 2.53. The topological polar surface area (TPSA) is 103 Å². The van der Waals surface area contributed by atoms with Gasteiger partial charge >= 0.3 is 0 Å². The number of hydrogen-bond acceptors (Lipinski definition) is 6. The molecule has 0 spiro atoms. The van der Waals surface area contributed by atoms with Crippen LogP contribution in [0.5, 0.6) is 0 Å². The Morgan fingerprint density at radius 2 is 2.19 bits per heavy atom. The number of nitrogens with one attached hydrogen (secondary N) is 2. The van der Waals surface area contributed by atoms with Gasteiger partial charge in [-0.25, -0.2) is 9.97 Å². The fourth-order valence-electron chi connectivity index (χ4n) is 5.37. The zero-order chi connectivity index (χ0) is 22.0. The second-order valence-corrected chi connectivity index (χ2v) is 9.84. The Kier molecular flexibility index (Phi) is 4.42. The largest absolute Gasteiger partial charge is 0.379 e. The number of fused-ring (bicyclic) bond motifs is 3. The Labute approximate surface area is 186 Å². The predicted molar refractivity (Wildman–Crippen MR) is 120 cm³/mol. The molecule has 3 atom stereocenters. The molecule has 3 aromatic rings. The van der Waals surface area contributed by atoms with Crippen molar-refractivity contribution >= 4 is 22.8 Å². The summed E-state index contributed by atoms with van der Waals surface area (Å²) < 4.78 is 5.41. The molecule has 2 N–H and O–H groups in total. The zero-order valence-corrected chi connectivity index (χ0v) is 18.8. The number of ether oxygens (including phenoxy) is 1. The number of H-pyrrole nitrogens is 2. The summed E-state index contributed by atoms with van der Waals surface area (Å²) in [5.41, 5.74) is 6.07. The Bertz CT molecular complexity index is 1190. The summed E-state index contributed by atoms with van der Waals surface area (Å²) in [6, 6.07) is 1.74. The number of carbonyl (C=O) groups excluding carboxylic acids is 1. The van der Waals surface area contributed by atoms with Crippen LogP contribution in [0.15, 0.2) is 12.3 Å². The van der Waals surface area contributed by atoms with Gasteiger partial charge in [-0.15, -0.1) is 0 Å². The van der Waals surface area contributed by atoms with Crippen molar-refractivity contribution in [2.24, 2.45) is 11.3 Å². The van der Waals surface area contributed by atoms with Crippen molar-refractivity contribution in [3.63, 3.8) is 0 Å². The molecule has 32 heavy (non-hydrogen) atoms. The molecule has 168 valence electrons. The minimum Gasteiger partial charge on any atom is -0.379 e. The number of aromatic nitrogens is 5. The maximum Gasteiger partial charge on any atom is 0.243 e. The lowest BCUT2D eigenvalue weighted by Gasteiger charge is -2.33. The molecule has 4 heterocycles. The van der Waals surface area contributed by atoms with Crippen LogP contribution in [0.1, 0.15) is 31.5 Å². The predicted octanol–water partition coefficient (Wildman–Crippen LogP) is 2.16. The van der Waals surface area contributed by atoms with Crippen molar-refractivity contribution in [3.8, 4) is 11.5 Å². The van der Waals surface area contributed by atoms with Crippen molar-refractivity contribution in [1.29, 1.82) is 0 Å². The second kappa shape index (κ2) is 7.11. The Balaban J connectivity index is 1.25. The molecule has 0 bridgehead atoms. The molecule has 1 saturated carbocycles. The number of aromatic amines is 2. The van der Waals surface area contributed by atoms with Crippen molar-refractivity contribution in [2.45, 2.75) is 39.2 Å². The number of pyridine rings is 1. The lowest BCUT2D eigenvalue weighted by molar-refractivity contribution is -0.124. The summed E-state index contributed by atoms with van der Waals surface area (Å²) in [4.78, 5) is 29.5. The first-order valence-electron chi connectivity index (χ1n) is 11.4. The average molecular weight is 436 g/mol. The van der Waals surface area contributed by atoms with Crippen LogP contribution in [0.4, 0.5) is 5.69 Å². The second-order valence-electron chi connectivity index (χ2n) is 9.84. The van der Waals surface area contributed by atoms with Crippen molar-refractivity contribution < 1.29 is 9.53 Å². The van der Waals surface area contributed by atoms with Crippen LogP contribution in [-0.4, -0.2) is 75.3 Å².